The van der Waals surface area contributed by atoms with Crippen molar-refractivity contribution < 1.29 is 9.59 Å². The second-order valence-electron chi connectivity index (χ2n) is 5.51. The molecule has 2 N–H and O–H groups in total. The van der Waals surface area contributed by atoms with Gasteiger partial charge in [-0.25, -0.2) is 4.79 Å². The molecule has 1 fully saturated rings. The van der Waals surface area contributed by atoms with Crippen molar-refractivity contribution in [2.75, 3.05) is 11.9 Å². The van der Waals surface area contributed by atoms with Gasteiger partial charge >= 0.3 is 6.03 Å². The molecule has 2 rings (SSSR count). The van der Waals surface area contributed by atoms with Gasteiger partial charge in [-0.3, -0.25) is 4.79 Å². The van der Waals surface area contributed by atoms with Crippen molar-refractivity contribution in [1.29, 1.82) is 0 Å². The van der Waals surface area contributed by atoms with Crippen LogP contribution in [-0.2, 0) is 4.79 Å². The third kappa shape index (κ3) is 3.50. The van der Waals surface area contributed by atoms with Gasteiger partial charge in [-0.1, -0.05) is 17.7 Å². The zero-order valence-corrected chi connectivity index (χ0v) is 12.1. The summed E-state index contributed by atoms with van der Waals surface area (Å²) in [5, 5.41) is 5.62. The minimum Gasteiger partial charge on any atom is -0.338 e. The van der Waals surface area contributed by atoms with E-state index in [-0.39, 0.29) is 24.0 Å². The van der Waals surface area contributed by atoms with Crippen molar-refractivity contribution in [3.05, 3.63) is 29.8 Å². The number of rotatable bonds is 3. The first-order valence-electron chi connectivity index (χ1n) is 6.89. The van der Waals surface area contributed by atoms with Crippen molar-refractivity contribution in [3.63, 3.8) is 0 Å². The van der Waals surface area contributed by atoms with Crippen LogP contribution in [0.25, 0.3) is 0 Å². The molecule has 1 saturated heterocycles. The Labute approximate surface area is 119 Å². The lowest BCUT2D eigenvalue weighted by molar-refractivity contribution is -0.129. The van der Waals surface area contributed by atoms with E-state index >= 15 is 0 Å². The summed E-state index contributed by atoms with van der Waals surface area (Å²) in [7, 11) is 0. The number of likely N-dealkylation sites (tertiary alicyclic amines) is 1. The van der Waals surface area contributed by atoms with Crippen LogP contribution in [0.2, 0.25) is 0 Å². The molecule has 0 aromatic heterocycles. The maximum atomic E-state index is 11.9. The predicted molar refractivity (Wildman–Crippen MR) is 78.6 cm³/mol. The number of aryl methyl sites for hydroxylation is 1. The summed E-state index contributed by atoms with van der Waals surface area (Å²) in [5.41, 5.74) is 1.89. The molecular weight excluding hydrogens is 254 g/mol. The Balaban J connectivity index is 1.86. The second-order valence-corrected chi connectivity index (χ2v) is 5.51. The lowest BCUT2D eigenvalue weighted by Gasteiger charge is -2.21. The summed E-state index contributed by atoms with van der Waals surface area (Å²) < 4.78 is 0. The maximum absolute atomic E-state index is 11.9. The summed E-state index contributed by atoms with van der Waals surface area (Å²) in [4.78, 5) is 25.4. The number of hydrogen-bond acceptors (Lipinski definition) is 2. The quantitative estimate of drug-likeness (QED) is 0.887. The van der Waals surface area contributed by atoms with Gasteiger partial charge in [0.25, 0.3) is 0 Å². The Morgan fingerprint density at radius 3 is 2.50 bits per heavy atom. The molecule has 1 heterocycles. The van der Waals surface area contributed by atoms with Gasteiger partial charge in [-0.05, 0) is 32.9 Å². The minimum atomic E-state index is -0.266. The van der Waals surface area contributed by atoms with Crippen molar-refractivity contribution in [2.24, 2.45) is 0 Å². The highest BCUT2D eigenvalue weighted by atomic mass is 16.2. The van der Waals surface area contributed by atoms with Crippen LogP contribution < -0.4 is 10.6 Å². The van der Waals surface area contributed by atoms with Crippen LogP contribution in [0.5, 0.6) is 0 Å². The fourth-order valence-corrected chi connectivity index (χ4v) is 2.32. The highest BCUT2D eigenvalue weighted by Gasteiger charge is 2.31. The number of urea groups is 1. The predicted octanol–water partition coefficient (Wildman–Crippen LogP) is 2.13. The molecule has 0 aliphatic carbocycles. The van der Waals surface area contributed by atoms with E-state index in [1.807, 2.05) is 45.0 Å². The monoisotopic (exact) mass is 275 g/mol. The molecule has 3 amide bonds. The largest absolute Gasteiger partial charge is 0.338 e. The topological polar surface area (TPSA) is 61.4 Å². The number of amides is 3. The summed E-state index contributed by atoms with van der Waals surface area (Å²) >= 11 is 0. The fraction of sp³-hybridized carbons (Fsp3) is 0.467. The number of nitrogens with zero attached hydrogens (tertiary/aromatic N) is 1. The van der Waals surface area contributed by atoms with E-state index in [0.717, 1.165) is 11.3 Å². The van der Waals surface area contributed by atoms with E-state index in [1.54, 1.807) is 4.90 Å². The van der Waals surface area contributed by atoms with Crippen LogP contribution in [0, 0.1) is 6.92 Å². The molecule has 1 aromatic rings. The van der Waals surface area contributed by atoms with Gasteiger partial charge in [0.15, 0.2) is 0 Å². The lowest BCUT2D eigenvalue weighted by Crippen LogP contribution is -2.40. The van der Waals surface area contributed by atoms with E-state index in [9.17, 15) is 9.59 Å². The van der Waals surface area contributed by atoms with Crippen LogP contribution >= 0.6 is 0 Å². The van der Waals surface area contributed by atoms with E-state index in [0.29, 0.717) is 13.0 Å². The maximum Gasteiger partial charge on any atom is 0.319 e. The number of anilines is 1. The van der Waals surface area contributed by atoms with Gasteiger partial charge in [0.05, 0.1) is 6.04 Å². The molecule has 5 heteroatoms. The number of carbonyl (C=O) groups excluding carboxylic acids is 2. The van der Waals surface area contributed by atoms with Gasteiger partial charge in [-0.15, -0.1) is 0 Å². The van der Waals surface area contributed by atoms with Crippen molar-refractivity contribution in [1.82, 2.24) is 10.2 Å². The fourth-order valence-electron chi connectivity index (χ4n) is 2.32. The zero-order valence-electron chi connectivity index (χ0n) is 12.1. The molecule has 1 aromatic carbocycles. The molecule has 1 aliphatic rings. The third-order valence-corrected chi connectivity index (χ3v) is 3.43. The summed E-state index contributed by atoms with van der Waals surface area (Å²) in [6.45, 7) is 6.53. The lowest BCUT2D eigenvalue weighted by atomic mass is 10.2. The van der Waals surface area contributed by atoms with E-state index in [1.165, 1.54) is 0 Å². The number of hydrogen-bond donors (Lipinski definition) is 2. The number of carbonyl (C=O) groups is 2. The van der Waals surface area contributed by atoms with E-state index < -0.39 is 0 Å². The van der Waals surface area contributed by atoms with Gasteiger partial charge in [-0.2, -0.15) is 0 Å². The van der Waals surface area contributed by atoms with Crippen molar-refractivity contribution >= 4 is 17.6 Å². The zero-order chi connectivity index (χ0) is 14.7. The molecule has 0 saturated carbocycles. The van der Waals surface area contributed by atoms with Crippen LogP contribution in [0.4, 0.5) is 10.5 Å². The van der Waals surface area contributed by atoms with Gasteiger partial charge in [0.1, 0.15) is 0 Å². The Kier molecular flexibility index (Phi) is 4.27. The second kappa shape index (κ2) is 5.94. The van der Waals surface area contributed by atoms with Crippen molar-refractivity contribution in [3.8, 4) is 0 Å². The highest BCUT2D eigenvalue weighted by Crippen LogP contribution is 2.14. The molecule has 0 radical (unpaired) electrons. The van der Waals surface area contributed by atoms with E-state index in [4.69, 9.17) is 0 Å². The minimum absolute atomic E-state index is 0.0978. The molecule has 0 spiro atoms. The van der Waals surface area contributed by atoms with Crippen LogP contribution in [0.1, 0.15) is 25.8 Å². The molecular formula is C15H21N3O2. The molecule has 108 valence electrons. The molecule has 1 atom stereocenters. The van der Waals surface area contributed by atoms with Crippen LogP contribution in [0.15, 0.2) is 24.3 Å². The van der Waals surface area contributed by atoms with E-state index in [2.05, 4.69) is 10.6 Å². The van der Waals surface area contributed by atoms with Crippen molar-refractivity contribution in [2.45, 2.75) is 39.3 Å². The first-order valence-corrected chi connectivity index (χ1v) is 6.89. The van der Waals surface area contributed by atoms with Gasteiger partial charge in [0, 0.05) is 24.7 Å². The average molecular weight is 275 g/mol. The Morgan fingerprint density at radius 2 is 1.95 bits per heavy atom. The normalized spacial score (nSPS) is 18.5. The Hall–Kier alpha value is -2.04. The third-order valence-electron chi connectivity index (χ3n) is 3.43. The number of benzene rings is 1. The Bertz CT molecular complexity index is 496. The Morgan fingerprint density at radius 1 is 1.30 bits per heavy atom. The summed E-state index contributed by atoms with van der Waals surface area (Å²) in [6.07, 6.45) is 0.375. The average Bonchev–Trinajstić information content (AvgIpc) is 2.73. The summed E-state index contributed by atoms with van der Waals surface area (Å²) in [6, 6.07) is 7.39. The smallest absolute Gasteiger partial charge is 0.319 e. The molecule has 1 aliphatic heterocycles. The molecule has 0 bridgehead atoms. The number of nitrogens with one attached hydrogen (secondary N) is 2. The molecule has 20 heavy (non-hydrogen) atoms. The highest BCUT2D eigenvalue weighted by molar-refractivity contribution is 5.90. The van der Waals surface area contributed by atoms with Crippen LogP contribution in [-0.4, -0.2) is 35.5 Å². The van der Waals surface area contributed by atoms with Gasteiger partial charge in [0.2, 0.25) is 5.91 Å². The standard InChI is InChI=1S/C15H21N3O2/c1-10(2)18-9-13(8-14(18)19)17-15(20)16-12-6-4-11(3)5-7-12/h4-7,10,13H,8-9H2,1-3H3,(H2,16,17,20). The van der Waals surface area contributed by atoms with Gasteiger partial charge < -0.3 is 15.5 Å². The summed E-state index contributed by atoms with van der Waals surface area (Å²) in [5.74, 6) is 0.0978. The first-order chi connectivity index (χ1) is 9.45. The first kappa shape index (κ1) is 14.4. The van der Waals surface area contributed by atoms with Crippen LogP contribution in [0.3, 0.4) is 0 Å². The molecule has 5 nitrogen and oxygen atoms in total. The molecule has 1 unspecified atom stereocenters. The SMILES string of the molecule is Cc1ccc(NC(=O)NC2CC(=O)N(C(C)C)C2)cc1.